The minimum Gasteiger partial charge on any atom is -0.313 e. The number of halogens is 1. The van der Waals surface area contributed by atoms with Gasteiger partial charge in [-0.1, -0.05) is 0 Å². The van der Waals surface area contributed by atoms with Gasteiger partial charge in [0.2, 0.25) is 0 Å². The molecule has 1 atom stereocenters. The molecule has 0 amide bonds. The first-order valence-electron chi connectivity index (χ1n) is 4.50. The molecule has 0 aliphatic carbocycles. The molecule has 13 heavy (non-hydrogen) atoms. The van der Waals surface area contributed by atoms with Crippen molar-refractivity contribution in [2.75, 3.05) is 7.05 Å². The van der Waals surface area contributed by atoms with E-state index >= 15 is 0 Å². The summed E-state index contributed by atoms with van der Waals surface area (Å²) in [4.78, 5) is 0. The fourth-order valence-corrected chi connectivity index (χ4v) is 1.75. The molecule has 72 valence electrons. The highest BCUT2D eigenvalue weighted by molar-refractivity contribution is 5.36. The molecule has 0 bridgehead atoms. The van der Waals surface area contributed by atoms with E-state index in [0.29, 0.717) is 0 Å². The zero-order valence-electron chi connectivity index (χ0n) is 8.61. The van der Waals surface area contributed by atoms with Gasteiger partial charge in [0.05, 0.1) is 0 Å². The Labute approximate surface area is 79.0 Å². The molecule has 0 radical (unpaired) electrons. The van der Waals surface area contributed by atoms with Crippen LogP contribution in [-0.4, -0.2) is 7.05 Å². The maximum atomic E-state index is 13.0. The molecule has 1 rings (SSSR count). The van der Waals surface area contributed by atoms with Crippen LogP contribution in [0.4, 0.5) is 4.39 Å². The predicted molar refractivity (Wildman–Crippen MR) is 53.3 cm³/mol. The Hall–Kier alpha value is -0.890. The van der Waals surface area contributed by atoms with Crippen molar-refractivity contribution in [3.63, 3.8) is 0 Å². The monoisotopic (exact) mass is 181 g/mol. The van der Waals surface area contributed by atoms with E-state index in [0.717, 1.165) is 11.1 Å². The zero-order valence-corrected chi connectivity index (χ0v) is 8.61. The summed E-state index contributed by atoms with van der Waals surface area (Å²) in [6, 6.07) is 3.44. The van der Waals surface area contributed by atoms with Crippen LogP contribution in [0, 0.1) is 19.7 Å². The van der Waals surface area contributed by atoms with Gasteiger partial charge in [0.15, 0.2) is 0 Å². The summed E-state index contributed by atoms with van der Waals surface area (Å²) in [5.74, 6) is -0.151. The van der Waals surface area contributed by atoms with Crippen LogP contribution in [-0.2, 0) is 0 Å². The van der Waals surface area contributed by atoms with Gasteiger partial charge in [0.25, 0.3) is 0 Å². The number of hydrogen-bond donors (Lipinski definition) is 1. The van der Waals surface area contributed by atoms with Gasteiger partial charge in [-0.2, -0.15) is 0 Å². The molecule has 1 aromatic rings. The predicted octanol–water partition coefficient (Wildman–Crippen LogP) is 2.72. The fourth-order valence-electron chi connectivity index (χ4n) is 1.75. The molecule has 0 aliphatic rings. The topological polar surface area (TPSA) is 12.0 Å². The molecule has 0 aliphatic heterocycles. The molecule has 1 nitrogen and oxygen atoms in total. The average Bonchev–Trinajstić information content (AvgIpc) is 2.02. The molecule has 1 aromatic carbocycles. The summed E-state index contributed by atoms with van der Waals surface area (Å²) in [6.07, 6.45) is 0. The van der Waals surface area contributed by atoms with Crippen LogP contribution >= 0.6 is 0 Å². The van der Waals surface area contributed by atoms with Gasteiger partial charge < -0.3 is 5.32 Å². The van der Waals surface area contributed by atoms with E-state index in [1.165, 1.54) is 5.56 Å². The maximum Gasteiger partial charge on any atom is 0.123 e. The van der Waals surface area contributed by atoms with E-state index in [-0.39, 0.29) is 11.9 Å². The van der Waals surface area contributed by atoms with Crippen molar-refractivity contribution in [2.24, 2.45) is 0 Å². The summed E-state index contributed by atoms with van der Waals surface area (Å²) < 4.78 is 13.0. The molecule has 0 saturated carbocycles. The SMILES string of the molecule is CNC(C)c1c(C)cc(F)cc1C. The third-order valence-electron chi connectivity index (χ3n) is 2.42. The second kappa shape index (κ2) is 3.88. The van der Waals surface area contributed by atoms with Crippen LogP contribution in [0.1, 0.15) is 29.7 Å². The third-order valence-corrected chi connectivity index (χ3v) is 2.42. The Bertz CT molecular complexity index is 284. The molecule has 0 aromatic heterocycles. The number of nitrogens with one attached hydrogen (secondary N) is 1. The van der Waals surface area contributed by atoms with Crippen molar-refractivity contribution in [1.29, 1.82) is 0 Å². The Morgan fingerprint density at radius 2 is 1.69 bits per heavy atom. The van der Waals surface area contributed by atoms with Crippen LogP contribution in [0.15, 0.2) is 12.1 Å². The zero-order chi connectivity index (χ0) is 10.0. The number of hydrogen-bond acceptors (Lipinski definition) is 1. The quantitative estimate of drug-likeness (QED) is 0.739. The van der Waals surface area contributed by atoms with Crippen molar-refractivity contribution >= 4 is 0 Å². The van der Waals surface area contributed by atoms with E-state index in [1.54, 1.807) is 12.1 Å². The van der Waals surface area contributed by atoms with Crippen LogP contribution in [0.5, 0.6) is 0 Å². The van der Waals surface area contributed by atoms with Gasteiger partial charge in [-0.3, -0.25) is 0 Å². The fraction of sp³-hybridized carbons (Fsp3) is 0.455. The lowest BCUT2D eigenvalue weighted by molar-refractivity contribution is 0.612. The average molecular weight is 181 g/mol. The Morgan fingerprint density at radius 3 is 2.08 bits per heavy atom. The van der Waals surface area contributed by atoms with Gasteiger partial charge in [0, 0.05) is 6.04 Å². The van der Waals surface area contributed by atoms with Crippen molar-refractivity contribution in [3.05, 3.63) is 34.6 Å². The minimum atomic E-state index is -0.151. The highest BCUT2D eigenvalue weighted by Gasteiger charge is 2.10. The first kappa shape index (κ1) is 10.2. The maximum absolute atomic E-state index is 13.0. The molecule has 2 heteroatoms. The molecule has 1 N–H and O–H groups in total. The first-order chi connectivity index (χ1) is 6.06. The molecule has 1 unspecified atom stereocenters. The van der Waals surface area contributed by atoms with E-state index in [1.807, 2.05) is 20.9 Å². The molecular formula is C11H16FN. The van der Waals surface area contributed by atoms with Crippen molar-refractivity contribution in [2.45, 2.75) is 26.8 Å². The standard InChI is InChI=1S/C11H16FN/c1-7-5-10(12)6-8(2)11(7)9(3)13-4/h5-6,9,13H,1-4H3. The smallest absolute Gasteiger partial charge is 0.123 e. The van der Waals surface area contributed by atoms with Gasteiger partial charge in [-0.25, -0.2) is 4.39 Å². The summed E-state index contributed by atoms with van der Waals surface area (Å²) in [6.45, 7) is 5.96. The van der Waals surface area contributed by atoms with E-state index < -0.39 is 0 Å². The minimum absolute atomic E-state index is 0.151. The van der Waals surface area contributed by atoms with E-state index in [2.05, 4.69) is 12.2 Å². The summed E-state index contributed by atoms with van der Waals surface area (Å²) in [5, 5.41) is 3.16. The molecule has 0 spiro atoms. The molecule has 0 saturated heterocycles. The number of aryl methyl sites for hydroxylation is 2. The Morgan fingerprint density at radius 1 is 1.23 bits per heavy atom. The lowest BCUT2D eigenvalue weighted by atomic mass is 9.97. The van der Waals surface area contributed by atoms with Crippen molar-refractivity contribution in [3.8, 4) is 0 Å². The Balaban J connectivity index is 3.20. The van der Waals surface area contributed by atoms with Crippen molar-refractivity contribution in [1.82, 2.24) is 5.32 Å². The first-order valence-corrected chi connectivity index (χ1v) is 4.50. The van der Waals surface area contributed by atoms with Gasteiger partial charge in [0.1, 0.15) is 5.82 Å². The van der Waals surface area contributed by atoms with Gasteiger partial charge in [-0.05, 0) is 56.6 Å². The second-order valence-electron chi connectivity index (χ2n) is 3.46. The largest absolute Gasteiger partial charge is 0.313 e. The molecular weight excluding hydrogens is 165 g/mol. The van der Waals surface area contributed by atoms with E-state index in [9.17, 15) is 4.39 Å². The van der Waals surface area contributed by atoms with Crippen molar-refractivity contribution < 1.29 is 4.39 Å². The lowest BCUT2D eigenvalue weighted by Crippen LogP contribution is -2.15. The summed E-state index contributed by atoms with van der Waals surface area (Å²) in [5.41, 5.74) is 3.22. The normalized spacial score (nSPS) is 13.0. The second-order valence-corrected chi connectivity index (χ2v) is 3.46. The Kier molecular flexibility index (Phi) is 3.04. The van der Waals surface area contributed by atoms with Crippen LogP contribution in [0.3, 0.4) is 0 Å². The lowest BCUT2D eigenvalue weighted by Gasteiger charge is -2.16. The van der Waals surface area contributed by atoms with Gasteiger partial charge in [-0.15, -0.1) is 0 Å². The molecule has 0 heterocycles. The highest BCUT2D eigenvalue weighted by Crippen LogP contribution is 2.22. The third kappa shape index (κ3) is 2.07. The number of benzene rings is 1. The van der Waals surface area contributed by atoms with E-state index in [4.69, 9.17) is 0 Å². The molecule has 0 fully saturated rings. The summed E-state index contributed by atoms with van der Waals surface area (Å²) >= 11 is 0. The highest BCUT2D eigenvalue weighted by atomic mass is 19.1. The van der Waals surface area contributed by atoms with Crippen LogP contribution in [0.25, 0.3) is 0 Å². The summed E-state index contributed by atoms with van der Waals surface area (Å²) in [7, 11) is 1.91. The van der Waals surface area contributed by atoms with Crippen LogP contribution in [0.2, 0.25) is 0 Å². The van der Waals surface area contributed by atoms with Gasteiger partial charge >= 0.3 is 0 Å². The number of rotatable bonds is 2. The van der Waals surface area contributed by atoms with Crippen LogP contribution < -0.4 is 5.32 Å².